The van der Waals surface area contributed by atoms with E-state index in [4.69, 9.17) is 9.47 Å². The van der Waals surface area contributed by atoms with Gasteiger partial charge in [-0.05, 0) is 105 Å². The number of allylic oxidation sites excluding steroid dienone is 6. The molecule has 0 radical (unpaired) electrons. The number of ether oxygens (including phenoxy) is 2. The van der Waals surface area contributed by atoms with Gasteiger partial charge in [0.05, 0.1) is 6.10 Å². The smallest absolute Gasteiger partial charge is 0.164 e. The third-order valence-electron chi connectivity index (χ3n) is 10.4. The minimum Gasteiger partial charge on any atom is -0.344 e. The number of carbonyl (C=O) groups is 1. The second-order valence-electron chi connectivity index (χ2n) is 12.6. The predicted molar refractivity (Wildman–Crippen MR) is 135 cm³/mol. The van der Waals surface area contributed by atoms with Gasteiger partial charge in [-0.15, -0.1) is 0 Å². The molecule has 1 heterocycles. The lowest BCUT2D eigenvalue weighted by molar-refractivity contribution is -0.210. The lowest BCUT2D eigenvalue weighted by Gasteiger charge is -2.58. The van der Waals surface area contributed by atoms with Crippen LogP contribution in [0.15, 0.2) is 53.6 Å². The molecule has 4 aliphatic carbocycles. The Kier molecular flexibility index (Phi) is 4.85. The van der Waals surface area contributed by atoms with E-state index in [1.54, 1.807) is 19.1 Å². The van der Waals surface area contributed by atoms with Crippen molar-refractivity contribution in [1.82, 2.24) is 0 Å². The van der Waals surface area contributed by atoms with Gasteiger partial charge in [0.1, 0.15) is 5.82 Å². The third-order valence-corrected chi connectivity index (χ3v) is 10.4. The topological polar surface area (TPSA) is 35.5 Å². The molecule has 0 unspecified atom stereocenters. The van der Waals surface area contributed by atoms with Gasteiger partial charge in [0.2, 0.25) is 0 Å². The van der Waals surface area contributed by atoms with Crippen molar-refractivity contribution < 1.29 is 18.7 Å². The largest absolute Gasteiger partial charge is 0.344 e. The quantitative estimate of drug-likeness (QED) is 0.459. The van der Waals surface area contributed by atoms with Crippen LogP contribution in [0.25, 0.3) is 5.57 Å². The molecule has 1 saturated heterocycles. The molecule has 2 saturated carbocycles. The Balaban J connectivity index is 1.40. The van der Waals surface area contributed by atoms with Crippen molar-refractivity contribution in [2.24, 2.45) is 28.6 Å². The zero-order chi connectivity index (χ0) is 25.0. The van der Waals surface area contributed by atoms with Crippen LogP contribution in [-0.2, 0) is 14.3 Å². The summed E-state index contributed by atoms with van der Waals surface area (Å²) in [5, 5.41) is 0. The second-order valence-corrected chi connectivity index (χ2v) is 12.6. The van der Waals surface area contributed by atoms with Crippen LogP contribution < -0.4 is 0 Å². The highest BCUT2D eigenvalue weighted by Gasteiger charge is 2.74. The van der Waals surface area contributed by atoms with Gasteiger partial charge in [-0.1, -0.05) is 49.8 Å². The van der Waals surface area contributed by atoms with Crippen molar-refractivity contribution in [3.05, 3.63) is 65.0 Å². The number of rotatable bonds is 2. The summed E-state index contributed by atoms with van der Waals surface area (Å²) in [7, 11) is 0. The summed E-state index contributed by atoms with van der Waals surface area (Å²) < 4.78 is 26.9. The van der Waals surface area contributed by atoms with Gasteiger partial charge in [0.15, 0.2) is 17.2 Å². The van der Waals surface area contributed by atoms with Crippen molar-refractivity contribution in [2.75, 3.05) is 0 Å². The SMILES string of the molecule is CC(=O)[C@@]12OC(C)(C)O[C@H]1C[C@H]1[C@@H]3C=C(C)C4=CC(c5cccc(F)c5)=CC[C@]4(C)[C@H]3CC[C@@]12C. The van der Waals surface area contributed by atoms with Crippen LogP contribution in [0.2, 0.25) is 0 Å². The van der Waals surface area contributed by atoms with Crippen LogP contribution in [0.3, 0.4) is 0 Å². The van der Waals surface area contributed by atoms with Crippen LogP contribution in [0.5, 0.6) is 0 Å². The van der Waals surface area contributed by atoms with Gasteiger partial charge >= 0.3 is 0 Å². The maximum absolute atomic E-state index is 13.9. The number of hydrogen-bond donors (Lipinski definition) is 0. The van der Waals surface area contributed by atoms with E-state index < -0.39 is 11.4 Å². The van der Waals surface area contributed by atoms with Crippen molar-refractivity contribution in [2.45, 2.75) is 84.7 Å². The maximum atomic E-state index is 13.9. The Bertz CT molecular complexity index is 1210. The monoisotopic (exact) mass is 476 g/mol. The molecule has 0 aromatic heterocycles. The fourth-order valence-corrected chi connectivity index (χ4v) is 8.90. The predicted octanol–water partition coefficient (Wildman–Crippen LogP) is 7.04. The Hall–Kier alpha value is -2.04. The highest BCUT2D eigenvalue weighted by Crippen LogP contribution is 2.70. The number of Topliss-reactive ketones (excluding diaryl/α,β-unsaturated/α-hetero) is 1. The fourth-order valence-electron chi connectivity index (χ4n) is 8.90. The standard InChI is InChI=1S/C31H37FO3/c1-18-14-23-24(29(5)12-10-21(16-25(18)29)20-8-7-9-22(32)15-20)11-13-30(6)26(23)17-27-31(30,19(2)33)35-28(3,4)34-27/h7-10,14-16,23-24,26-27H,11-13,17H2,1-6H3/t23-,24+,26+,27+,29-,30+,31-/m1/s1. The van der Waals surface area contributed by atoms with E-state index in [0.717, 1.165) is 36.8 Å². The van der Waals surface area contributed by atoms with Gasteiger partial charge < -0.3 is 9.47 Å². The molecule has 6 rings (SSSR count). The molecule has 0 N–H and O–H groups in total. The van der Waals surface area contributed by atoms with Gasteiger partial charge in [0.25, 0.3) is 0 Å². The van der Waals surface area contributed by atoms with Crippen LogP contribution in [-0.4, -0.2) is 23.3 Å². The van der Waals surface area contributed by atoms with Crippen molar-refractivity contribution >= 4 is 11.4 Å². The van der Waals surface area contributed by atoms with Gasteiger partial charge in [0, 0.05) is 5.41 Å². The van der Waals surface area contributed by atoms with Crippen molar-refractivity contribution in [3.63, 3.8) is 0 Å². The zero-order valence-corrected chi connectivity index (χ0v) is 21.8. The molecule has 3 nitrogen and oxygen atoms in total. The van der Waals surface area contributed by atoms with E-state index >= 15 is 0 Å². The maximum Gasteiger partial charge on any atom is 0.164 e. The molecular formula is C31H37FO3. The van der Waals surface area contributed by atoms with Gasteiger partial charge in [-0.3, -0.25) is 4.79 Å². The molecule has 1 aromatic carbocycles. The molecule has 7 atom stereocenters. The summed E-state index contributed by atoms with van der Waals surface area (Å²) in [5.74, 6) is 0.404. The van der Waals surface area contributed by atoms with E-state index in [1.165, 1.54) is 17.2 Å². The first-order valence-corrected chi connectivity index (χ1v) is 13.2. The molecule has 0 spiro atoms. The average Bonchev–Trinajstić information content (AvgIpc) is 3.20. The molecule has 5 aliphatic rings. The summed E-state index contributed by atoms with van der Waals surface area (Å²) in [6, 6.07) is 6.90. The number of carbonyl (C=O) groups excluding carboxylic acids is 1. The number of benzene rings is 1. The molecule has 1 aliphatic heterocycles. The van der Waals surface area contributed by atoms with E-state index in [1.807, 2.05) is 19.9 Å². The Morgan fingerprint density at radius 1 is 1.14 bits per heavy atom. The molecular weight excluding hydrogens is 439 g/mol. The first-order valence-electron chi connectivity index (χ1n) is 13.2. The zero-order valence-electron chi connectivity index (χ0n) is 21.8. The minimum atomic E-state index is -0.859. The lowest BCUT2D eigenvalue weighted by Crippen LogP contribution is -2.59. The highest BCUT2D eigenvalue weighted by molar-refractivity contribution is 5.88. The molecule has 186 valence electrons. The summed E-state index contributed by atoms with van der Waals surface area (Å²) in [6.07, 6.45) is 10.7. The fraction of sp³-hybridized carbons (Fsp3) is 0.581. The van der Waals surface area contributed by atoms with E-state index in [9.17, 15) is 9.18 Å². The Morgan fingerprint density at radius 2 is 1.91 bits per heavy atom. The van der Waals surface area contributed by atoms with Crippen molar-refractivity contribution in [1.29, 1.82) is 0 Å². The van der Waals surface area contributed by atoms with Crippen LogP contribution >= 0.6 is 0 Å². The minimum absolute atomic E-state index is 0.0315. The Morgan fingerprint density at radius 3 is 2.63 bits per heavy atom. The van der Waals surface area contributed by atoms with Gasteiger partial charge in [-0.2, -0.15) is 0 Å². The van der Waals surface area contributed by atoms with E-state index in [-0.39, 0.29) is 28.5 Å². The van der Waals surface area contributed by atoms with E-state index in [2.05, 4.69) is 39.0 Å². The first kappa shape index (κ1) is 23.4. The second kappa shape index (κ2) is 7.26. The van der Waals surface area contributed by atoms with E-state index in [0.29, 0.717) is 17.8 Å². The van der Waals surface area contributed by atoms with Crippen LogP contribution in [0.4, 0.5) is 4.39 Å². The van der Waals surface area contributed by atoms with Crippen LogP contribution in [0.1, 0.15) is 72.8 Å². The summed E-state index contributed by atoms with van der Waals surface area (Å²) in [6.45, 7) is 12.5. The summed E-state index contributed by atoms with van der Waals surface area (Å²) in [4.78, 5) is 13.2. The number of halogens is 1. The average molecular weight is 477 g/mol. The first-order chi connectivity index (χ1) is 16.4. The molecule has 4 heteroatoms. The number of ketones is 1. The normalized spacial score (nSPS) is 43.2. The van der Waals surface area contributed by atoms with Crippen LogP contribution in [0, 0.1) is 34.4 Å². The molecule has 3 fully saturated rings. The summed E-state index contributed by atoms with van der Waals surface area (Å²) in [5.41, 5.74) is 3.68. The summed E-state index contributed by atoms with van der Waals surface area (Å²) >= 11 is 0. The lowest BCUT2D eigenvalue weighted by atomic mass is 9.47. The number of fused-ring (bicyclic) bond motifs is 7. The molecule has 1 aromatic rings. The molecule has 0 amide bonds. The number of hydrogen-bond acceptors (Lipinski definition) is 3. The van der Waals surface area contributed by atoms with Crippen molar-refractivity contribution in [3.8, 4) is 0 Å². The highest BCUT2D eigenvalue weighted by atomic mass is 19.1. The third kappa shape index (κ3) is 2.99. The molecule has 35 heavy (non-hydrogen) atoms. The Labute approximate surface area is 208 Å². The van der Waals surface area contributed by atoms with Gasteiger partial charge in [-0.25, -0.2) is 4.39 Å². The molecule has 0 bridgehead atoms.